The lowest BCUT2D eigenvalue weighted by Crippen LogP contribution is -2.38. The molecule has 1 amide bonds. The van der Waals surface area contributed by atoms with E-state index in [0.29, 0.717) is 0 Å². The van der Waals surface area contributed by atoms with E-state index in [4.69, 9.17) is 0 Å². The number of carbonyl (C=O) groups is 2. The van der Waals surface area contributed by atoms with Crippen molar-refractivity contribution in [3.8, 4) is 0 Å². The van der Waals surface area contributed by atoms with Gasteiger partial charge in [-0.1, -0.05) is 18.2 Å². The van der Waals surface area contributed by atoms with Crippen LogP contribution >= 0.6 is 0 Å². The quantitative estimate of drug-likeness (QED) is 0.834. The van der Waals surface area contributed by atoms with Crippen molar-refractivity contribution in [3.63, 3.8) is 0 Å². The van der Waals surface area contributed by atoms with Crippen LogP contribution in [0.25, 0.3) is 0 Å². The molecule has 21 heavy (non-hydrogen) atoms. The lowest BCUT2D eigenvalue weighted by molar-refractivity contribution is -0.138. The van der Waals surface area contributed by atoms with E-state index in [-0.39, 0.29) is 24.4 Å². The molecule has 1 heterocycles. The zero-order valence-corrected chi connectivity index (χ0v) is 11.3. The highest BCUT2D eigenvalue weighted by Crippen LogP contribution is 2.33. The van der Waals surface area contributed by atoms with Gasteiger partial charge in [0.15, 0.2) is 5.78 Å². The predicted molar refractivity (Wildman–Crippen MR) is 69.7 cm³/mol. The van der Waals surface area contributed by atoms with Gasteiger partial charge in [0.2, 0.25) is 5.91 Å². The first-order chi connectivity index (χ1) is 9.84. The van der Waals surface area contributed by atoms with Crippen LogP contribution in [-0.2, 0) is 11.0 Å². The van der Waals surface area contributed by atoms with Crippen molar-refractivity contribution in [2.45, 2.75) is 18.6 Å². The first-order valence-electron chi connectivity index (χ1n) is 6.50. The maximum absolute atomic E-state index is 12.9. The number of carbonyl (C=O) groups excluding carboxylic acids is 2. The summed E-state index contributed by atoms with van der Waals surface area (Å²) >= 11 is 0. The fourth-order valence-electron chi connectivity index (χ4n) is 2.47. The molecule has 0 radical (unpaired) electrons. The Morgan fingerprint density at radius 3 is 2.57 bits per heavy atom. The highest BCUT2D eigenvalue weighted by Gasteiger charge is 2.39. The van der Waals surface area contributed by atoms with Gasteiger partial charge in [0.05, 0.1) is 11.6 Å². The van der Waals surface area contributed by atoms with E-state index in [0.717, 1.165) is 6.07 Å². The van der Waals surface area contributed by atoms with Crippen molar-refractivity contribution in [2.75, 3.05) is 13.6 Å². The van der Waals surface area contributed by atoms with Gasteiger partial charge in [-0.3, -0.25) is 9.59 Å². The molecule has 1 saturated heterocycles. The van der Waals surface area contributed by atoms with Crippen LogP contribution in [0.2, 0.25) is 0 Å². The third-order valence-corrected chi connectivity index (χ3v) is 3.56. The van der Waals surface area contributed by atoms with Gasteiger partial charge in [0, 0.05) is 25.1 Å². The number of rotatable bonds is 3. The van der Waals surface area contributed by atoms with Crippen LogP contribution < -0.4 is 10.6 Å². The minimum Gasteiger partial charge on any atom is -0.358 e. The number of ketones is 1. The van der Waals surface area contributed by atoms with Crippen LogP contribution in [0.3, 0.4) is 0 Å². The monoisotopic (exact) mass is 300 g/mol. The first kappa shape index (κ1) is 15.5. The standard InChI is InChI=1S/C14H15F3N2O2/c1-18-13(21)11-6-8(7-19-11)12(20)9-4-2-3-5-10(9)14(15,16)17/h2-5,8,11,19H,6-7H2,1H3,(H,18,21). The molecule has 1 fully saturated rings. The fourth-order valence-corrected chi connectivity index (χ4v) is 2.47. The average molecular weight is 300 g/mol. The van der Waals surface area contributed by atoms with E-state index >= 15 is 0 Å². The lowest BCUT2D eigenvalue weighted by atomic mass is 9.92. The molecule has 2 N–H and O–H groups in total. The van der Waals surface area contributed by atoms with Crippen molar-refractivity contribution in [1.29, 1.82) is 0 Å². The largest absolute Gasteiger partial charge is 0.417 e. The molecule has 0 spiro atoms. The normalized spacial score (nSPS) is 22.1. The minimum atomic E-state index is -4.57. The van der Waals surface area contributed by atoms with Crippen molar-refractivity contribution in [3.05, 3.63) is 35.4 Å². The van der Waals surface area contributed by atoms with Gasteiger partial charge < -0.3 is 10.6 Å². The summed E-state index contributed by atoms with van der Waals surface area (Å²) in [5.41, 5.74) is -1.27. The SMILES string of the molecule is CNC(=O)C1CC(C(=O)c2ccccc2C(F)(F)F)CN1. The Labute approximate surface area is 119 Å². The van der Waals surface area contributed by atoms with Crippen molar-refractivity contribution in [1.82, 2.24) is 10.6 Å². The molecule has 1 aliphatic heterocycles. The minimum absolute atomic E-state index is 0.198. The van der Waals surface area contributed by atoms with Gasteiger partial charge in [-0.15, -0.1) is 0 Å². The number of alkyl halides is 3. The van der Waals surface area contributed by atoms with Gasteiger partial charge in [0.1, 0.15) is 0 Å². The lowest BCUT2D eigenvalue weighted by Gasteiger charge is -2.14. The summed E-state index contributed by atoms with van der Waals surface area (Å²) in [6, 6.07) is 4.19. The van der Waals surface area contributed by atoms with Gasteiger partial charge in [-0.2, -0.15) is 13.2 Å². The zero-order valence-electron chi connectivity index (χ0n) is 11.3. The highest BCUT2D eigenvalue weighted by molar-refractivity contribution is 6.00. The number of benzene rings is 1. The smallest absolute Gasteiger partial charge is 0.358 e. The maximum Gasteiger partial charge on any atom is 0.417 e. The molecule has 0 bridgehead atoms. The van der Waals surface area contributed by atoms with E-state index in [1.807, 2.05) is 0 Å². The molecule has 0 saturated carbocycles. The predicted octanol–water partition coefficient (Wildman–Crippen LogP) is 1.61. The van der Waals surface area contributed by atoms with Gasteiger partial charge in [-0.05, 0) is 12.5 Å². The molecule has 114 valence electrons. The number of halogens is 3. The Balaban J connectivity index is 2.21. The van der Waals surface area contributed by atoms with Gasteiger partial charge in [-0.25, -0.2) is 0 Å². The van der Waals surface area contributed by atoms with Crippen molar-refractivity contribution in [2.24, 2.45) is 5.92 Å². The Morgan fingerprint density at radius 1 is 1.29 bits per heavy atom. The van der Waals surface area contributed by atoms with Gasteiger partial charge in [0.25, 0.3) is 0 Å². The van der Waals surface area contributed by atoms with Crippen LogP contribution in [0, 0.1) is 5.92 Å². The Hall–Kier alpha value is -1.89. The van der Waals surface area contributed by atoms with E-state index in [9.17, 15) is 22.8 Å². The molecular formula is C14H15F3N2O2. The van der Waals surface area contributed by atoms with E-state index in [1.54, 1.807) is 0 Å². The molecule has 1 aromatic carbocycles. The van der Waals surface area contributed by atoms with E-state index < -0.39 is 29.5 Å². The topological polar surface area (TPSA) is 58.2 Å². The molecule has 2 atom stereocenters. The third-order valence-electron chi connectivity index (χ3n) is 3.56. The molecule has 4 nitrogen and oxygen atoms in total. The number of amides is 1. The van der Waals surface area contributed by atoms with Crippen molar-refractivity contribution >= 4 is 11.7 Å². The molecule has 1 aliphatic rings. The number of likely N-dealkylation sites (N-methyl/N-ethyl adjacent to an activating group) is 1. The first-order valence-corrected chi connectivity index (χ1v) is 6.50. The maximum atomic E-state index is 12.9. The van der Waals surface area contributed by atoms with E-state index in [2.05, 4.69) is 10.6 Å². The Morgan fingerprint density at radius 2 is 1.95 bits per heavy atom. The second-order valence-electron chi connectivity index (χ2n) is 4.92. The number of Topliss-reactive ketones (excluding diaryl/α,β-unsaturated/α-hetero) is 1. The van der Waals surface area contributed by atoms with Crippen LogP contribution in [0.15, 0.2) is 24.3 Å². The molecular weight excluding hydrogens is 285 g/mol. The molecule has 1 aromatic rings. The summed E-state index contributed by atoms with van der Waals surface area (Å²) in [5, 5.41) is 5.30. The highest BCUT2D eigenvalue weighted by atomic mass is 19.4. The van der Waals surface area contributed by atoms with Crippen LogP contribution in [0.4, 0.5) is 13.2 Å². The average Bonchev–Trinajstić information content (AvgIpc) is 2.94. The molecule has 7 heteroatoms. The molecule has 2 rings (SSSR count). The Bertz CT molecular complexity index is 557. The summed E-state index contributed by atoms with van der Waals surface area (Å²) < 4.78 is 38.8. The molecule has 0 aliphatic carbocycles. The fraction of sp³-hybridized carbons (Fsp3) is 0.429. The summed E-state index contributed by atoms with van der Waals surface area (Å²) in [5.74, 6) is -1.48. The second kappa shape index (κ2) is 5.85. The molecule has 0 aromatic heterocycles. The number of hydrogen-bond acceptors (Lipinski definition) is 3. The van der Waals surface area contributed by atoms with Crippen LogP contribution in [0.1, 0.15) is 22.3 Å². The summed E-state index contributed by atoms with van der Waals surface area (Å²) in [6.45, 7) is 0.198. The number of hydrogen-bond donors (Lipinski definition) is 2. The second-order valence-corrected chi connectivity index (χ2v) is 4.92. The van der Waals surface area contributed by atoms with Crippen LogP contribution in [0.5, 0.6) is 0 Å². The molecule has 2 unspecified atom stereocenters. The summed E-state index contributed by atoms with van der Waals surface area (Å²) in [4.78, 5) is 23.8. The van der Waals surface area contributed by atoms with Gasteiger partial charge >= 0.3 is 6.18 Å². The van der Waals surface area contributed by atoms with Crippen molar-refractivity contribution < 1.29 is 22.8 Å². The number of nitrogens with one attached hydrogen (secondary N) is 2. The van der Waals surface area contributed by atoms with Crippen LogP contribution in [-0.4, -0.2) is 31.3 Å². The third kappa shape index (κ3) is 3.24. The summed E-state index contributed by atoms with van der Waals surface area (Å²) in [6.07, 6.45) is -4.37. The zero-order chi connectivity index (χ0) is 15.6. The summed E-state index contributed by atoms with van der Waals surface area (Å²) in [7, 11) is 1.47. The Kier molecular flexibility index (Phi) is 4.32. The van der Waals surface area contributed by atoms with E-state index in [1.165, 1.54) is 25.2 Å².